The Bertz CT molecular complexity index is 876. The fraction of sp³-hybridized carbons (Fsp3) is 0.286. The lowest BCUT2D eigenvalue weighted by Gasteiger charge is -2.12. The van der Waals surface area contributed by atoms with Gasteiger partial charge in [-0.05, 0) is 56.7 Å². The maximum atomic E-state index is 12.2. The molecule has 0 aliphatic rings. The van der Waals surface area contributed by atoms with Crippen molar-refractivity contribution >= 4 is 35.1 Å². The largest absolute Gasteiger partial charge is 0.484 e. The first-order valence-electron chi connectivity index (χ1n) is 9.02. The van der Waals surface area contributed by atoms with E-state index in [1.54, 1.807) is 26.0 Å². The third kappa shape index (κ3) is 6.50. The zero-order valence-corrected chi connectivity index (χ0v) is 17.2. The van der Waals surface area contributed by atoms with Crippen LogP contribution in [0.15, 0.2) is 36.4 Å². The number of amides is 1. The second kappa shape index (κ2) is 10.5. The number of rotatable bonds is 8. The van der Waals surface area contributed by atoms with Crippen LogP contribution in [0.2, 0.25) is 5.02 Å². The van der Waals surface area contributed by atoms with Crippen molar-refractivity contribution in [3.8, 4) is 5.75 Å². The molecule has 7 nitrogen and oxygen atoms in total. The average Bonchev–Trinajstić information content (AvgIpc) is 2.68. The molecule has 2 aromatic carbocycles. The lowest BCUT2D eigenvalue weighted by molar-refractivity contribution is -0.118. The van der Waals surface area contributed by atoms with Crippen LogP contribution in [-0.4, -0.2) is 37.7 Å². The molecule has 0 saturated heterocycles. The molecule has 0 fully saturated rings. The smallest absolute Gasteiger partial charge is 0.338 e. The van der Waals surface area contributed by atoms with E-state index in [-0.39, 0.29) is 36.7 Å². The zero-order valence-electron chi connectivity index (χ0n) is 16.4. The van der Waals surface area contributed by atoms with Crippen molar-refractivity contribution in [3.63, 3.8) is 0 Å². The van der Waals surface area contributed by atoms with Gasteiger partial charge in [-0.15, -0.1) is 0 Å². The SMILES string of the molecule is CCOC(=O)c1cc(OCC(=O)Nc2ccc(C)cc2Cl)cc(C(=O)OCC)c1. The predicted octanol–water partition coefficient (Wildman–Crippen LogP) is 4.02. The lowest BCUT2D eigenvalue weighted by atomic mass is 10.1. The first-order valence-corrected chi connectivity index (χ1v) is 9.40. The van der Waals surface area contributed by atoms with Gasteiger partial charge in [-0.2, -0.15) is 0 Å². The van der Waals surface area contributed by atoms with Gasteiger partial charge in [0.15, 0.2) is 6.61 Å². The molecule has 0 aromatic heterocycles. The normalized spacial score (nSPS) is 10.2. The van der Waals surface area contributed by atoms with E-state index >= 15 is 0 Å². The molecule has 0 heterocycles. The number of nitrogens with one attached hydrogen (secondary N) is 1. The van der Waals surface area contributed by atoms with Gasteiger partial charge < -0.3 is 19.5 Å². The topological polar surface area (TPSA) is 90.9 Å². The summed E-state index contributed by atoms with van der Waals surface area (Å²) in [7, 11) is 0. The first kappa shape index (κ1) is 22.2. The molecule has 2 aromatic rings. The number of aryl methyl sites for hydroxylation is 1. The van der Waals surface area contributed by atoms with Crippen molar-refractivity contribution in [2.45, 2.75) is 20.8 Å². The Morgan fingerprint density at radius 3 is 2.03 bits per heavy atom. The fourth-order valence-corrected chi connectivity index (χ4v) is 2.69. The molecule has 8 heteroatoms. The maximum Gasteiger partial charge on any atom is 0.338 e. The second-order valence-electron chi connectivity index (χ2n) is 6.01. The van der Waals surface area contributed by atoms with E-state index in [9.17, 15) is 14.4 Å². The highest BCUT2D eigenvalue weighted by atomic mass is 35.5. The maximum absolute atomic E-state index is 12.2. The van der Waals surface area contributed by atoms with Crippen LogP contribution in [0.3, 0.4) is 0 Å². The highest BCUT2D eigenvalue weighted by Gasteiger charge is 2.16. The van der Waals surface area contributed by atoms with E-state index < -0.39 is 17.8 Å². The molecule has 0 saturated carbocycles. The highest BCUT2D eigenvalue weighted by molar-refractivity contribution is 6.33. The predicted molar refractivity (Wildman–Crippen MR) is 109 cm³/mol. The van der Waals surface area contributed by atoms with Gasteiger partial charge in [0.1, 0.15) is 5.75 Å². The van der Waals surface area contributed by atoms with Crippen molar-refractivity contribution in [3.05, 3.63) is 58.1 Å². The van der Waals surface area contributed by atoms with Crippen molar-refractivity contribution in [1.29, 1.82) is 0 Å². The van der Waals surface area contributed by atoms with Crippen molar-refractivity contribution in [2.24, 2.45) is 0 Å². The van der Waals surface area contributed by atoms with Gasteiger partial charge >= 0.3 is 11.9 Å². The number of carbonyl (C=O) groups excluding carboxylic acids is 3. The minimum Gasteiger partial charge on any atom is -0.484 e. The zero-order chi connectivity index (χ0) is 21.4. The van der Waals surface area contributed by atoms with Crippen LogP contribution in [-0.2, 0) is 14.3 Å². The van der Waals surface area contributed by atoms with Gasteiger partial charge in [-0.1, -0.05) is 17.7 Å². The molecule has 0 spiro atoms. The van der Waals surface area contributed by atoms with Crippen molar-refractivity contribution < 1.29 is 28.6 Å². The van der Waals surface area contributed by atoms with E-state index in [1.807, 2.05) is 13.0 Å². The molecule has 0 atom stereocenters. The standard InChI is InChI=1S/C21H22ClNO6/c1-4-27-20(25)14-9-15(21(26)28-5-2)11-16(10-14)29-12-19(24)23-18-7-6-13(3)8-17(18)22/h6-11H,4-5,12H2,1-3H3,(H,23,24). The Hall–Kier alpha value is -3.06. The van der Waals surface area contributed by atoms with Gasteiger partial charge in [-0.25, -0.2) is 9.59 Å². The summed E-state index contributed by atoms with van der Waals surface area (Å²) in [5.74, 6) is -1.52. The van der Waals surface area contributed by atoms with Gasteiger partial charge in [-0.3, -0.25) is 4.79 Å². The summed E-state index contributed by atoms with van der Waals surface area (Å²) in [5.41, 5.74) is 1.66. The number of benzene rings is 2. The summed E-state index contributed by atoms with van der Waals surface area (Å²) in [5, 5.41) is 3.05. The molecule has 1 amide bonds. The van der Waals surface area contributed by atoms with Gasteiger partial charge in [0.2, 0.25) is 0 Å². The van der Waals surface area contributed by atoms with E-state index in [2.05, 4.69) is 5.32 Å². The summed E-state index contributed by atoms with van der Waals surface area (Å²) < 4.78 is 15.4. The molecular formula is C21H22ClNO6. The van der Waals surface area contributed by atoms with Gasteiger partial charge in [0.05, 0.1) is 35.1 Å². The minimum absolute atomic E-state index is 0.120. The summed E-state index contributed by atoms with van der Waals surface area (Å²) in [6.45, 7) is 5.24. The van der Waals surface area contributed by atoms with Crippen molar-refractivity contribution in [2.75, 3.05) is 25.1 Å². The number of halogens is 1. The molecule has 0 bridgehead atoms. The molecule has 1 N–H and O–H groups in total. The number of hydrogen-bond donors (Lipinski definition) is 1. The van der Waals surface area contributed by atoms with Crippen molar-refractivity contribution in [1.82, 2.24) is 0 Å². The molecule has 0 aliphatic carbocycles. The van der Waals surface area contributed by atoms with E-state index in [1.165, 1.54) is 18.2 Å². The Balaban J connectivity index is 2.14. The quantitative estimate of drug-likeness (QED) is 0.650. The molecular weight excluding hydrogens is 398 g/mol. The fourth-order valence-electron chi connectivity index (χ4n) is 2.40. The third-order valence-electron chi connectivity index (χ3n) is 3.70. The molecule has 0 aliphatic heterocycles. The van der Waals surface area contributed by atoms with Crippen LogP contribution < -0.4 is 10.1 Å². The van der Waals surface area contributed by atoms with Crippen LogP contribution >= 0.6 is 11.6 Å². The Morgan fingerprint density at radius 1 is 0.931 bits per heavy atom. The average molecular weight is 420 g/mol. The summed E-state index contributed by atoms with van der Waals surface area (Å²) in [6, 6.07) is 9.38. The number of ether oxygens (including phenoxy) is 3. The second-order valence-corrected chi connectivity index (χ2v) is 6.41. The monoisotopic (exact) mass is 419 g/mol. The molecule has 0 unspecified atom stereocenters. The first-order chi connectivity index (χ1) is 13.8. The van der Waals surface area contributed by atoms with Crippen LogP contribution in [0, 0.1) is 6.92 Å². The third-order valence-corrected chi connectivity index (χ3v) is 4.01. The molecule has 0 radical (unpaired) electrons. The summed E-state index contributed by atoms with van der Waals surface area (Å²) in [6.07, 6.45) is 0. The van der Waals surface area contributed by atoms with Crippen LogP contribution in [0.25, 0.3) is 0 Å². The molecule has 29 heavy (non-hydrogen) atoms. The Kier molecular flexibility index (Phi) is 8.03. The molecule has 2 rings (SSSR count). The minimum atomic E-state index is -0.612. The summed E-state index contributed by atoms with van der Waals surface area (Å²) in [4.78, 5) is 36.3. The van der Waals surface area contributed by atoms with Crippen LogP contribution in [0.1, 0.15) is 40.1 Å². The lowest BCUT2D eigenvalue weighted by Crippen LogP contribution is -2.20. The Labute approximate surface area is 173 Å². The number of esters is 2. The van der Waals surface area contributed by atoms with E-state index in [4.69, 9.17) is 25.8 Å². The van der Waals surface area contributed by atoms with Crippen LogP contribution in [0.5, 0.6) is 5.75 Å². The number of hydrogen-bond acceptors (Lipinski definition) is 6. The highest BCUT2D eigenvalue weighted by Crippen LogP contribution is 2.23. The van der Waals surface area contributed by atoms with Gasteiger partial charge in [0.25, 0.3) is 5.91 Å². The molecule has 154 valence electrons. The summed E-state index contributed by atoms with van der Waals surface area (Å²) >= 11 is 6.10. The van der Waals surface area contributed by atoms with E-state index in [0.29, 0.717) is 10.7 Å². The Morgan fingerprint density at radius 2 is 1.52 bits per heavy atom. The van der Waals surface area contributed by atoms with Gasteiger partial charge in [0, 0.05) is 0 Å². The number of carbonyl (C=O) groups is 3. The van der Waals surface area contributed by atoms with Crippen LogP contribution in [0.4, 0.5) is 5.69 Å². The van der Waals surface area contributed by atoms with E-state index in [0.717, 1.165) is 5.56 Å². The number of anilines is 1.